The molecule has 1 aliphatic rings. The van der Waals surface area contributed by atoms with Crippen molar-refractivity contribution in [3.63, 3.8) is 0 Å². The monoisotopic (exact) mass is 270 g/mol. The molecule has 2 rings (SSSR count). The van der Waals surface area contributed by atoms with Gasteiger partial charge in [-0.25, -0.2) is 4.58 Å². The molecule has 15 heavy (non-hydrogen) atoms. The predicted octanol–water partition coefficient (Wildman–Crippen LogP) is -0.954. The highest BCUT2D eigenvalue weighted by Gasteiger charge is 2.22. The largest absolute Gasteiger partial charge is 1.00 e. The number of rotatable bonds is 2. The third-order valence-corrected chi connectivity index (χ3v) is 3.10. The van der Waals surface area contributed by atoms with Crippen molar-refractivity contribution < 1.29 is 21.6 Å². The van der Waals surface area contributed by atoms with Crippen molar-refractivity contribution in [2.45, 2.75) is 33.2 Å². The summed E-state index contributed by atoms with van der Waals surface area (Å²) >= 11 is 0. The number of hydrogen-bond donors (Lipinski definition) is 0. The van der Waals surface area contributed by atoms with Crippen molar-refractivity contribution in [2.24, 2.45) is 0 Å². The maximum Gasteiger partial charge on any atom is 0.199 e. The molecule has 0 aromatic carbocycles. The normalized spacial score (nSPS) is 14.9. The molecule has 0 amide bonds. The van der Waals surface area contributed by atoms with E-state index < -0.39 is 0 Å². The van der Waals surface area contributed by atoms with Crippen molar-refractivity contribution >= 4 is 5.71 Å². The Labute approximate surface area is 102 Å². The van der Waals surface area contributed by atoms with Crippen LogP contribution in [0.25, 0.3) is 0 Å². The second-order valence-electron chi connectivity index (χ2n) is 4.13. The molecule has 0 fully saturated rings. The Kier molecular flexibility index (Phi) is 4.14. The lowest BCUT2D eigenvalue weighted by Gasteiger charge is -2.17. The highest BCUT2D eigenvalue weighted by molar-refractivity contribution is 5.95. The Hall–Kier alpha value is -0.570. The molecule has 0 saturated carbocycles. The van der Waals surface area contributed by atoms with Crippen LogP contribution in [-0.4, -0.2) is 28.4 Å². The Morgan fingerprint density at radius 1 is 1.40 bits per heavy atom. The third-order valence-electron chi connectivity index (χ3n) is 3.10. The molecular formula is C12H19BrN2. The van der Waals surface area contributed by atoms with E-state index in [1.165, 1.54) is 29.9 Å². The fourth-order valence-electron chi connectivity index (χ4n) is 2.25. The highest BCUT2D eigenvalue weighted by atomic mass is 79.9. The van der Waals surface area contributed by atoms with Crippen LogP contribution in [0, 0.1) is 6.92 Å². The number of aromatic nitrogens is 1. The summed E-state index contributed by atoms with van der Waals surface area (Å²) in [6, 6.07) is 4.49. The minimum absolute atomic E-state index is 0. The van der Waals surface area contributed by atoms with Crippen LogP contribution in [0.2, 0.25) is 0 Å². The summed E-state index contributed by atoms with van der Waals surface area (Å²) in [5, 5.41) is 0. The zero-order chi connectivity index (χ0) is 10.1. The van der Waals surface area contributed by atoms with Crippen LogP contribution in [0.3, 0.4) is 0 Å². The SMILES string of the molecule is CCCC1=[N+](C)CCn2c(C)ccc21.[Br-]. The molecule has 0 unspecified atom stereocenters. The number of nitrogens with zero attached hydrogens (tertiary/aromatic N) is 2. The number of fused-ring (bicyclic) bond motifs is 1. The van der Waals surface area contributed by atoms with E-state index in [9.17, 15) is 0 Å². The molecule has 0 saturated heterocycles. The van der Waals surface area contributed by atoms with Gasteiger partial charge in [0.25, 0.3) is 0 Å². The summed E-state index contributed by atoms with van der Waals surface area (Å²) in [7, 11) is 2.21. The van der Waals surface area contributed by atoms with Gasteiger partial charge in [0.15, 0.2) is 12.3 Å². The van der Waals surface area contributed by atoms with Crippen LogP contribution in [-0.2, 0) is 6.54 Å². The van der Waals surface area contributed by atoms with Crippen molar-refractivity contribution in [1.82, 2.24) is 4.57 Å². The summed E-state index contributed by atoms with van der Waals surface area (Å²) < 4.78 is 4.84. The Morgan fingerprint density at radius 2 is 2.13 bits per heavy atom. The van der Waals surface area contributed by atoms with Crippen molar-refractivity contribution in [1.29, 1.82) is 0 Å². The van der Waals surface area contributed by atoms with Crippen molar-refractivity contribution in [3.05, 3.63) is 23.5 Å². The van der Waals surface area contributed by atoms with Gasteiger partial charge >= 0.3 is 0 Å². The number of hydrogen-bond acceptors (Lipinski definition) is 0. The molecule has 84 valence electrons. The summed E-state index contributed by atoms with van der Waals surface area (Å²) in [6.45, 7) is 6.73. The molecule has 1 aromatic heterocycles. The number of aryl methyl sites for hydroxylation is 1. The van der Waals surface area contributed by atoms with Gasteiger partial charge in [0, 0.05) is 12.1 Å². The van der Waals surface area contributed by atoms with Gasteiger partial charge in [-0.1, -0.05) is 6.92 Å². The third kappa shape index (κ3) is 2.17. The first kappa shape index (κ1) is 12.5. The summed E-state index contributed by atoms with van der Waals surface area (Å²) in [5.41, 5.74) is 4.33. The van der Waals surface area contributed by atoms with Gasteiger partial charge in [0.1, 0.15) is 12.7 Å². The van der Waals surface area contributed by atoms with Crippen LogP contribution in [0.4, 0.5) is 0 Å². The molecule has 0 radical (unpaired) electrons. The summed E-state index contributed by atoms with van der Waals surface area (Å²) in [5.74, 6) is 0. The van der Waals surface area contributed by atoms with E-state index in [0.717, 1.165) is 13.1 Å². The van der Waals surface area contributed by atoms with E-state index >= 15 is 0 Å². The summed E-state index contributed by atoms with van der Waals surface area (Å²) in [6.07, 6.45) is 2.42. The number of halogens is 1. The average Bonchev–Trinajstić information content (AvgIpc) is 2.53. The quantitative estimate of drug-likeness (QED) is 0.613. The smallest absolute Gasteiger partial charge is 0.199 e. The summed E-state index contributed by atoms with van der Waals surface area (Å²) in [4.78, 5) is 0. The van der Waals surface area contributed by atoms with E-state index in [0.29, 0.717) is 0 Å². The van der Waals surface area contributed by atoms with Gasteiger partial charge in [0.2, 0.25) is 0 Å². The molecule has 0 atom stereocenters. The molecule has 0 aliphatic carbocycles. The van der Waals surface area contributed by atoms with Gasteiger partial charge in [-0.15, -0.1) is 0 Å². The molecular weight excluding hydrogens is 252 g/mol. The van der Waals surface area contributed by atoms with Gasteiger partial charge in [-0.3, -0.25) is 0 Å². The highest BCUT2D eigenvalue weighted by Crippen LogP contribution is 2.15. The van der Waals surface area contributed by atoms with E-state index in [2.05, 4.69) is 42.2 Å². The van der Waals surface area contributed by atoms with Gasteiger partial charge in [-0.2, -0.15) is 0 Å². The first-order valence-electron chi connectivity index (χ1n) is 5.47. The minimum Gasteiger partial charge on any atom is -1.00 e. The fourth-order valence-corrected chi connectivity index (χ4v) is 2.25. The standard InChI is InChI=1S/C12H19N2.BrH/c1-4-5-11-12-7-6-10(2)14(12)9-8-13(11)3;/h6-7H,4-5,8-9H2,1-3H3;1H/q+1;/p-1. The predicted molar refractivity (Wildman–Crippen MR) is 59.2 cm³/mol. The van der Waals surface area contributed by atoms with Crippen LogP contribution in [0.15, 0.2) is 12.1 Å². The van der Waals surface area contributed by atoms with Crippen LogP contribution >= 0.6 is 0 Å². The molecule has 3 heteroatoms. The lowest BCUT2D eigenvalue weighted by atomic mass is 10.1. The first-order chi connectivity index (χ1) is 6.74. The molecule has 0 N–H and O–H groups in total. The Balaban J connectivity index is 0.00000112. The van der Waals surface area contributed by atoms with E-state index in [1.54, 1.807) is 0 Å². The second-order valence-corrected chi connectivity index (χ2v) is 4.13. The van der Waals surface area contributed by atoms with Crippen molar-refractivity contribution in [2.75, 3.05) is 13.6 Å². The lowest BCUT2D eigenvalue weighted by Crippen LogP contribution is -3.00. The maximum atomic E-state index is 2.44. The average molecular weight is 271 g/mol. The van der Waals surface area contributed by atoms with Gasteiger partial charge < -0.3 is 21.5 Å². The molecule has 0 spiro atoms. The minimum atomic E-state index is 0. The molecule has 2 nitrogen and oxygen atoms in total. The van der Waals surface area contributed by atoms with Crippen molar-refractivity contribution in [3.8, 4) is 0 Å². The number of likely N-dealkylation sites (N-methyl/N-ethyl adjacent to an activating group) is 1. The van der Waals surface area contributed by atoms with Crippen LogP contribution in [0.5, 0.6) is 0 Å². The fraction of sp³-hybridized carbons (Fsp3) is 0.583. The van der Waals surface area contributed by atoms with E-state index in [1.807, 2.05) is 0 Å². The van der Waals surface area contributed by atoms with E-state index in [4.69, 9.17) is 0 Å². The van der Waals surface area contributed by atoms with Crippen LogP contribution < -0.4 is 17.0 Å². The van der Waals surface area contributed by atoms with Gasteiger partial charge in [-0.05, 0) is 25.5 Å². The Morgan fingerprint density at radius 3 is 2.80 bits per heavy atom. The Bertz CT molecular complexity index is 377. The van der Waals surface area contributed by atoms with Gasteiger partial charge in [0.05, 0.1) is 6.54 Å². The first-order valence-corrected chi connectivity index (χ1v) is 5.47. The second kappa shape index (κ2) is 4.97. The lowest BCUT2D eigenvalue weighted by molar-refractivity contribution is -0.502. The zero-order valence-corrected chi connectivity index (χ0v) is 11.3. The molecule has 0 bridgehead atoms. The zero-order valence-electron chi connectivity index (χ0n) is 9.76. The maximum absolute atomic E-state index is 2.44. The van der Waals surface area contributed by atoms with E-state index in [-0.39, 0.29) is 17.0 Å². The topological polar surface area (TPSA) is 7.94 Å². The molecule has 2 heterocycles. The molecule has 1 aliphatic heterocycles. The molecule has 1 aromatic rings. The van der Waals surface area contributed by atoms with Crippen LogP contribution in [0.1, 0.15) is 31.2 Å².